The van der Waals surface area contributed by atoms with Crippen molar-refractivity contribution in [2.75, 3.05) is 6.54 Å². The molecule has 0 radical (unpaired) electrons. The van der Waals surface area contributed by atoms with E-state index in [1.165, 1.54) is 11.1 Å². The maximum absolute atomic E-state index is 5.75. The Balaban J connectivity index is 1.70. The first-order chi connectivity index (χ1) is 14.2. The minimum Gasteiger partial charge on any atom is -0.296 e. The van der Waals surface area contributed by atoms with Crippen molar-refractivity contribution in [3.05, 3.63) is 77.3 Å². The van der Waals surface area contributed by atoms with Gasteiger partial charge >= 0.3 is 0 Å². The number of aromatic nitrogens is 4. The first-order valence-corrected chi connectivity index (χ1v) is 10.1. The summed E-state index contributed by atoms with van der Waals surface area (Å²) in [6.07, 6.45) is 13.2. The average molecular weight is 402 g/mol. The zero-order valence-corrected chi connectivity index (χ0v) is 17.1. The van der Waals surface area contributed by atoms with Crippen molar-refractivity contribution < 1.29 is 0 Å². The van der Waals surface area contributed by atoms with Gasteiger partial charge in [-0.05, 0) is 48.3 Å². The molecule has 1 aliphatic carbocycles. The van der Waals surface area contributed by atoms with Crippen molar-refractivity contribution in [1.29, 1.82) is 0 Å². The zero-order valence-electron chi connectivity index (χ0n) is 16.2. The molecule has 0 N–H and O–H groups in total. The van der Waals surface area contributed by atoms with Gasteiger partial charge < -0.3 is 0 Å². The standard InChI is InChI=1S/C23H23N5S/c1-3-14-26(21-12-11-18-8-5-6-10-20(18)21)17-28-23(29)27(15-4-2)22(25-28)19-9-7-13-24-16-19/h1,4-10,13,16,21H,2,11-12,14-15,17H2. The Morgan fingerprint density at radius 1 is 1.31 bits per heavy atom. The smallest absolute Gasteiger partial charge is 0.199 e. The van der Waals surface area contributed by atoms with Gasteiger partial charge in [-0.1, -0.05) is 36.3 Å². The van der Waals surface area contributed by atoms with Crippen molar-refractivity contribution in [2.45, 2.75) is 32.1 Å². The molecule has 0 aliphatic heterocycles. The molecule has 0 amide bonds. The third kappa shape index (κ3) is 3.80. The average Bonchev–Trinajstić information content (AvgIpc) is 3.31. The Labute approximate surface area is 176 Å². The van der Waals surface area contributed by atoms with Crippen LogP contribution in [0, 0.1) is 17.1 Å². The maximum Gasteiger partial charge on any atom is 0.199 e. The molecule has 5 nitrogen and oxygen atoms in total. The first kappa shape index (κ1) is 19.3. The monoisotopic (exact) mass is 401 g/mol. The van der Waals surface area contributed by atoms with Crippen LogP contribution in [0.4, 0.5) is 0 Å². The Kier molecular flexibility index (Phi) is 5.70. The lowest BCUT2D eigenvalue weighted by Crippen LogP contribution is -2.31. The molecule has 1 unspecified atom stereocenters. The summed E-state index contributed by atoms with van der Waals surface area (Å²) in [6, 6.07) is 12.8. The van der Waals surface area contributed by atoms with E-state index in [1.807, 2.05) is 27.5 Å². The van der Waals surface area contributed by atoms with Crippen molar-refractivity contribution in [3.63, 3.8) is 0 Å². The van der Waals surface area contributed by atoms with E-state index >= 15 is 0 Å². The highest BCUT2D eigenvalue weighted by molar-refractivity contribution is 7.71. The zero-order chi connectivity index (χ0) is 20.2. The summed E-state index contributed by atoms with van der Waals surface area (Å²) in [5, 5.41) is 4.83. The molecule has 0 fully saturated rings. The number of allylic oxidation sites excluding steroid dienone is 1. The molecule has 3 aromatic rings. The van der Waals surface area contributed by atoms with Crippen LogP contribution in [0.3, 0.4) is 0 Å². The van der Waals surface area contributed by atoms with Gasteiger partial charge in [0.15, 0.2) is 10.6 Å². The van der Waals surface area contributed by atoms with Crippen LogP contribution in [0.2, 0.25) is 0 Å². The summed E-state index contributed by atoms with van der Waals surface area (Å²) < 4.78 is 4.49. The molecule has 6 heteroatoms. The predicted molar refractivity (Wildman–Crippen MR) is 118 cm³/mol. The number of aryl methyl sites for hydroxylation is 1. The van der Waals surface area contributed by atoms with Crippen LogP contribution in [0.15, 0.2) is 61.4 Å². The minimum atomic E-state index is 0.274. The van der Waals surface area contributed by atoms with Gasteiger partial charge in [-0.3, -0.25) is 14.5 Å². The molecular weight excluding hydrogens is 378 g/mol. The number of hydrogen-bond donors (Lipinski definition) is 0. The van der Waals surface area contributed by atoms with Gasteiger partial charge in [0.2, 0.25) is 0 Å². The van der Waals surface area contributed by atoms with E-state index in [9.17, 15) is 0 Å². The molecule has 1 aromatic carbocycles. The summed E-state index contributed by atoms with van der Waals surface area (Å²) >= 11 is 5.75. The summed E-state index contributed by atoms with van der Waals surface area (Å²) in [7, 11) is 0. The van der Waals surface area contributed by atoms with Crippen LogP contribution < -0.4 is 0 Å². The second-order valence-electron chi connectivity index (χ2n) is 7.09. The van der Waals surface area contributed by atoms with Gasteiger partial charge in [-0.25, -0.2) is 4.68 Å². The fourth-order valence-electron chi connectivity index (χ4n) is 4.00. The van der Waals surface area contributed by atoms with Crippen LogP contribution in [0.5, 0.6) is 0 Å². The van der Waals surface area contributed by atoms with Crippen molar-refractivity contribution in [3.8, 4) is 23.7 Å². The van der Waals surface area contributed by atoms with E-state index in [1.54, 1.807) is 12.4 Å². The van der Waals surface area contributed by atoms with Gasteiger partial charge in [0.25, 0.3) is 0 Å². The van der Waals surface area contributed by atoms with E-state index in [4.69, 9.17) is 23.7 Å². The minimum absolute atomic E-state index is 0.274. The lowest BCUT2D eigenvalue weighted by molar-refractivity contribution is 0.162. The molecule has 29 heavy (non-hydrogen) atoms. The largest absolute Gasteiger partial charge is 0.296 e. The molecule has 0 spiro atoms. The van der Waals surface area contributed by atoms with E-state index in [0.717, 1.165) is 24.2 Å². The number of pyridine rings is 1. The molecule has 0 saturated carbocycles. The molecule has 2 heterocycles. The highest BCUT2D eigenvalue weighted by Gasteiger charge is 2.28. The Hall–Kier alpha value is -3.01. The SMILES string of the molecule is C#CCN(Cn1nc(-c2cccnc2)n(CC=C)c1=S)C1CCc2ccccc21. The molecule has 0 saturated heterocycles. The summed E-state index contributed by atoms with van der Waals surface area (Å²) in [5.74, 6) is 3.60. The molecule has 1 aliphatic rings. The molecule has 146 valence electrons. The van der Waals surface area contributed by atoms with Crippen molar-refractivity contribution >= 4 is 12.2 Å². The van der Waals surface area contributed by atoms with E-state index in [2.05, 4.69) is 46.6 Å². The molecule has 4 rings (SSSR count). The first-order valence-electron chi connectivity index (χ1n) is 9.67. The molecule has 0 bridgehead atoms. The van der Waals surface area contributed by atoms with Crippen LogP contribution >= 0.6 is 12.2 Å². The summed E-state index contributed by atoms with van der Waals surface area (Å²) in [6.45, 7) is 5.53. The number of benzene rings is 1. The van der Waals surface area contributed by atoms with Crippen LogP contribution in [-0.2, 0) is 19.6 Å². The lowest BCUT2D eigenvalue weighted by Gasteiger charge is -2.27. The topological polar surface area (TPSA) is 38.9 Å². The second-order valence-corrected chi connectivity index (χ2v) is 7.46. The number of fused-ring (bicyclic) bond motifs is 1. The molecule has 2 aromatic heterocycles. The highest BCUT2D eigenvalue weighted by atomic mass is 32.1. The van der Waals surface area contributed by atoms with Crippen molar-refractivity contribution in [2.24, 2.45) is 0 Å². The normalized spacial score (nSPS) is 15.2. The van der Waals surface area contributed by atoms with Gasteiger partial charge in [0.1, 0.15) is 0 Å². The van der Waals surface area contributed by atoms with Gasteiger partial charge in [-0.2, -0.15) is 5.10 Å². The predicted octanol–water partition coefficient (Wildman–Crippen LogP) is 4.24. The fourth-order valence-corrected chi connectivity index (χ4v) is 4.26. The van der Waals surface area contributed by atoms with E-state index in [-0.39, 0.29) is 6.04 Å². The van der Waals surface area contributed by atoms with Gasteiger partial charge in [-0.15, -0.1) is 13.0 Å². The number of rotatable bonds is 7. The van der Waals surface area contributed by atoms with Gasteiger partial charge in [0, 0.05) is 30.5 Å². The van der Waals surface area contributed by atoms with Gasteiger partial charge in [0.05, 0.1) is 13.2 Å². The van der Waals surface area contributed by atoms with E-state index < -0.39 is 0 Å². The van der Waals surface area contributed by atoms with Crippen LogP contribution in [0.1, 0.15) is 23.6 Å². The molecular formula is C23H23N5S. The summed E-state index contributed by atoms with van der Waals surface area (Å²) in [5.41, 5.74) is 3.68. The van der Waals surface area contributed by atoms with Crippen molar-refractivity contribution in [1.82, 2.24) is 24.2 Å². The Bertz CT molecular complexity index is 1110. The number of terminal acetylenes is 1. The Morgan fingerprint density at radius 3 is 2.93 bits per heavy atom. The number of hydrogen-bond acceptors (Lipinski definition) is 4. The number of nitrogens with zero attached hydrogens (tertiary/aromatic N) is 5. The molecule has 1 atom stereocenters. The highest BCUT2D eigenvalue weighted by Crippen LogP contribution is 2.35. The third-order valence-corrected chi connectivity index (χ3v) is 5.74. The third-order valence-electron chi connectivity index (χ3n) is 5.31. The Morgan fingerprint density at radius 2 is 2.17 bits per heavy atom. The quantitative estimate of drug-likeness (QED) is 0.337. The van der Waals surface area contributed by atoms with Crippen LogP contribution in [-0.4, -0.2) is 30.8 Å². The summed E-state index contributed by atoms with van der Waals surface area (Å²) in [4.78, 5) is 6.50. The maximum atomic E-state index is 5.75. The van der Waals surface area contributed by atoms with E-state index in [0.29, 0.717) is 24.5 Å². The second kappa shape index (κ2) is 8.56. The fraction of sp³-hybridized carbons (Fsp3) is 0.261. The lowest BCUT2D eigenvalue weighted by atomic mass is 10.1. The van der Waals surface area contributed by atoms with Crippen LogP contribution in [0.25, 0.3) is 11.4 Å².